The van der Waals surface area contributed by atoms with Crippen LogP contribution in [0.3, 0.4) is 0 Å². The number of nitrogens with one attached hydrogen (secondary N) is 1. The van der Waals surface area contributed by atoms with Crippen molar-refractivity contribution in [2.45, 2.75) is 43.9 Å². The van der Waals surface area contributed by atoms with Crippen LogP contribution < -0.4 is 10.1 Å². The van der Waals surface area contributed by atoms with E-state index in [0.717, 1.165) is 5.56 Å². The Morgan fingerprint density at radius 1 is 1.16 bits per heavy atom. The lowest BCUT2D eigenvalue weighted by Gasteiger charge is -2.42. The predicted molar refractivity (Wildman–Crippen MR) is 117 cm³/mol. The minimum absolute atomic E-state index is 0.0660. The summed E-state index contributed by atoms with van der Waals surface area (Å²) in [7, 11) is 1.72. The summed E-state index contributed by atoms with van der Waals surface area (Å²) in [5.74, 6) is -0.898. The smallest absolute Gasteiger partial charge is 0.305 e. The zero-order valence-electron chi connectivity index (χ0n) is 17.8. The molecule has 2 aromatic rings. The molecular weight excluding hydrogens is 412 g/mol. The second kappa shape index (κ2) is 9.40. The second-order valence-electron chi connectivity index (χ2n) is 8.19. The monoisotopic (exact) mass is 438 g/mol. The Morgan fingerprint density at radius 2 is 1.94 bits per heavy atom. The number of ether oxygens (including phenoxy) is 2. The topological polar surface area (TPSA) is 105 Å². The van der Waals surface area contributed by atoms with Gasteiger partial charge in [-0.2, -0.15) is 0 Å². The maximum atomic E-state index is 13.2. The van der Waals surface area contributed by atoms with Gasteiger partial charge in [-0.1, -0.05) is 30.3 Å². The van der Waals surface area contributed by atoms with Gasteiger partial charge in [-0.15, -0.1) is 0 Å². The van der Waals surface area contributed by atoms with E-state index in [9.17, 15) is 14.4 Å². The fourth-order valence-corrected chi connectivity index (χ4v) is 4.29. The molecule has 2 aliphatic rings. The number of fused-ring (bicyclic) bond motifs is 2. The van der Waals surface area contributed by atoms with E-state index in [1.807, 2.05) is 30.3 Å². The standard InChI is InChI=1S/C24H26N2O6/c1-26-19-9-8-17(13-23(28)29)32-21(19)14-31-20-10-7-16(12-18(20)24(26)30)25-22(27)11-15-5-3-2-4-6-15/h2-7,10,12,17,19,21H,8-9,11,13-14H2,1H3,(H,25,27)(H,28,29)/t17-,19+,21-/m1/s1. The highest BCUT2D eigenvalue weighted by Crippen LogP contribution is 2.32. The van der Waals surface area contributed by atoms with E-state index >= 15 is 0 Å². The Kier molecular flexibility index (Phi) is 6.41. The van der Waals surface area contributed by atoms with Crippen LogP contribution in [0.5, 0.6) is 5.75 Å². The Labute approximate surface area is 186 Å². The molecule has 2 N–H and O–H groups in total. The van der Waals surface area contributed by atoms with Crippen molar-refractivity contribution in [2.75, 3.05) is 19.0 Å². The van der Waals surface area contributed by atoms with E-state index in [-0.39, 0.29) is 43.4 Å². The van der Waals surface area contributed by atoms with E-state index in [1.165, 1.54) is 0 Å². The van der Waals surface area contributed by atoms with Gasteiger partial charge >= 0.3 is 5.97 Å². The van der Waals surface area contributed by atoms with Crippen molar-refractivity contribution in [2.24, 2.45) is 0 Å². The number of carboxylic acids is 1. The molecule has 0 aromatic heterocycles. The van der Waals surface area contributed by atoms with Gasteiger partial charge in [0.1, 0.15) is 18.5 Å². The SMILES string of the molecule is CN1C(=O)c2cc(NC(=O)Cc3ccccc3)ccc2OC[C@H]2O[C@@H](CC(=O)O)CC[C@@H]21. The number of nitrogens with zero attached hydrogens (tertiary/aromatic N) is 1. The molecule has 0 aliphatic carbocycles. The lowest BCUT2D eigenvalue weighted by atomic mass is 9.94. The first-order valence-corrected chi connectivity index (χ1v) is 10.7. The Bertz CT molecular complexity index is 1010. The summed E-state index contributed by atoms with van der Waals surface area (Å²) >= 11 is 0. The number of aliphatic carboxylic acids is 1. The minimum atomic E-state index is -0.906. The van der Waals surface area contributed by atoms with Crippen molar-refractivity contribution in [1.29, 1.82) is 0 Å². The van der Waals surface area contributed by atoms with Crippen LogP contribution in [0.1, 0.15) is 35.2 Å². The molecule has 1 fully saturated rings. The minimum Gasteiger partial charge on any atom is -0.490 e. The van der Waals surface area contributed by atoms with Gasteiger partial charge in [-0.25, -0.2) is 0 Å². The van der Waals surface area contributed by atoms with Crippen molar-refractivity contribution in [3.05, 3.63) is 59.7 Å². The molecule has 2 amide bonds. The third-order valence-corrected chi connectivity index (χ3v) is 5.91. The highest BCUT2D eigenvalue weighted by Gasteiger charge is 2.39. The number of hydrogen-bond acceptors (Lipinski definition) is 5. The van der Waals surface area contributed by atoms with Crippen LogP contribution in [0.4, 0.5) is 5.69 Å². The third-order valence-electron chi connectivity index (χ3n) is 5.91. The lowest BCUT2D eigenvalue weighted by molar-refractivity contribution is -0.148. The van der Waals surface area contributed by atoms with E-state index in [1.54, 1.807) is 30.1 Å². The molecule has 1 saturated heterocycles. The lowest BCUT2D eigenvalue weighted by Crippen LogP contribution is -2.53. The van der Waals surface area contributed by atoms with E-state index in [2.05, 4.69) is 5.32 Å². The number of amides is 2. The number of carbonyl (C=O) groups excluding carboxylic acids is 2. The predicted octanol–water partition coefficient (Wildman–Crippen LogP) is 2.72. The summed E-state index contributed by atoms with van der Waals surface area (Å²) in [6.45, 7) is 0.213. The molecule has 2 aliphatic heterocycles. The van der Waals surface area contributed by atoms with E-state index in [4.69, 9.17) is 14.6 Å². The number of hydrogen-bond donors (Lipinski definition) is 2. The first-order chi connectivity index (χ1) is 15.4. The van der Waals surface area contributed by atoms with Crippen LogP contribution in [0.2, 0.25) is 0 Å². The Balaban J connectivity index is 1.49. The normalized spacial score (nSPS) is 22.6. The molecule has 2 aromatic carbocycles. The molecule has 8 nitrogen and oxygen atoms in total. The van der Waals surface area contributed by atoms with Gasteiger partial charge in [-0.3, -0.25) is 14.4 Å². The summed E-state index contributed by atoms with van der Waals surface area (Å²) in [4.78, 5) is 38.3. The second-order valence-corrected chi connectivity index (χ2v) is 8.19. The summed E-state index contributed by atoms with van der Waals surface area (Å²) < 4.78 is 11.8. The number of anilines is 1. The zero-order valence-corrected chi connectivity index (χ0v) is 17.8. The number of rotatable bonds is 5. The molecular formula is C24H26N2O6. The highest BCUT2D eigenvalue weighted by atomic mass is 16.5. The quantitative estimate of drug-likeness (QED) is 0.744. The molecule has 0 saturated carbocycles. The summed E-state index contributed by atoms with van der Waals surface area (Å²) in [5, 5.41) is 11.9. The van der Waals surface area contributed by atoms with Gasteiger partial charge in [0.05, 0.1) is 30.6 Å². The van der Waals surface area contributed by atoms with Gasteiger partial charge < -0.3 is 24.8 Å². The van der Waals surface area contributed by atoms with Gasteiger partial charge in [0.2, 0.25) is 5.91 Å². The number of benzene rings is 2. The van der Waals surface area contributed by atoms with Gasteiger partial charge in [0, 0.05) is 12.7 Å². The third kappa shape index (κ3) is 4.91. The van der Waals surface area contributed by atoms with Crippen LogP contribution in [-0.4, -0.2) is 59.7 Å². The summed E-state index contributed by atoms with van der Waals surface area (Å²) in [6, 6.07) is 14.2. The van der Waals surface area contributed by atoms with E-state index < -0.39 is 12.1 Å². The molecule has 2 heterocycles. The number of likely N-dealkylation sites (N-methyl/N-ethyl adjacent to an activating group) is 1. The van der Waals surface area contributed by atoms with Crippen molar-refractivity contribution in [3.8, 4) is 5.75 Å². The molecule has 3 atom stereocenters. The largest absolute Gasteiger partial charge is 0.490 e. The van der Waals surface area contributed by atoms with E-state index in [0.29, 0.717) is 29.8 Å². The van der Waals surface area contributed by atoms with Crippen LogP contribution in [0.15, 0.2) is 48.5 Å². The van der Waals surface area contributed by atoms with Crippen LogP contribution >= 0.6 is 0 Å². The molecule has 4 rings (SSSR count). The zero-order chi connectivity index (χ0) is 22.7. The van der Waals surface area contributed by atoms with Crippen LogP contribution in [0, 0.1) is 0 Å². The van der Waals surface area contributed by atoms with Crippen LogP contribution in [0.25, 0.3) is 0 Å². The van der Waals surface area contributed by atoms with Gasteiger partial charge in [-0.05, 0) is 36.6 Å². The molecule has 0 radical (unpaired) electrons. The number of carboxylic acid groups (broad SMARTS) is 1. The summed E-state index contributed by atoms with van der Waals surface area (Å²) in [6.07, 6.45) is 0.581. The Morgan fingerprint density at radius 3 is 2.69 bits per heavy atom. The van der Waals surface area contributed by atoms with Crippen molar-refractivity contribution < 1.29 is 29.0 Å². The fraction of sp³-hybridized carbons (Fsp3) is 0.375. The first-order valence-electron chi connectivity index (χ1n) is 10.7. The molecule has 0 unspecified atom stereocenters. The molecule has 0 spiro atoms. The molecule has 8 heteroatoms. The average Bonchev–Trinajstić information content (AvgIpc) is 2.77. The van der Waals surface area contributed by atoms with Crippen molar-refractivity contribution >= 4 is 23.5 Å². The molecule has 0 bridgehead atoms. The summed E-state index contributed by atoms with van der Waals surface area (Å²) in [5.41, 5.74) is 1.80. The van der Waals surface area contributed by atoms with Gasteiger partial charge in [0.25, 0.3) is 5.91 Å². The van der Waals surface area contributed by atoms with Crippen LogP contribution in [-0.2, 0) is 20.7 Å². The molecule has 168 valence electrons. The first kappa shape index (κ1) is 21.8. The van der Waals surface area contributed by atoms with Crippen molar-refractivity contribution in [1.82, 2.24) is 4.90 Å². The number of carbonyl (C=O) groups is 3. The maximum absolute atomic E-state index is 13.2. The average molecular weight is 438 g/mol. The van der Waals surface area contributed by atoms with Crippen molar-refractivity contribution in [3.63, 3.8) is 0 Å². The fourth-order valence-electron chi connectivity index (χ4n) is 4.29. The van der Waals surface area contributed by atoms with Gasteiger partial charge in [0.15, 0.2) is 0 Å². The Hall–Kier alpha value is -3.39. The highest BCUT2D eigenvalue weighted by molar-refractivity contribution is 6.00. The molecule has 32 heavy (non-hydrogen) atoms. The maximum Gasteiger partial charge on any atom is 0.305 e.